The van der Waals surface area contributed by atoms with Crippen LogP contribution in [0.4, 0.5) is 0 Å². The van der Waals surface area contributed by atoms with E-state index < -0.39 is 0 Å². The van der Waals surface area contributed by atoms with E-state index in [1.165, 1.54) is 17.3 Å². The first-order chi connectivity index (χ1) is 15.5. The van der Waals surface area contributed by atoms with Crippen molar-refractivity contribution in [2.24, 2.45) is 0 Å². The Balaban J connectivity index is 1.50. The minimum atomic E-state index is -0.0819. The number of nitrogens with one attached hydrogen (secondary N) is 1. The summed E-state index contributed by atoms with van der Waals surface area (Å²) in [5, 5.41) is 3.80. The summed E-state index contributed by atoms with van der Waals surface area (Å²) in [6, 6.07) is 17.3. The topological polar surface area (TPSA) is 73.2 Å². The Morgan fingerprint density at radius 3 is 2.69 bits per heavy atom. The molecule has 1 unspecified atom stereocenters. The summed E-state index contributed by atoms with van der Waals surface area (Å²) in [5.41, 5.74) is 2.63. The molecule has 1 aromatic heterocycles. The molecule has 0 bridgehead atoms. The minimum absolute atomic E-state index is 0.0790. The molecule has 4 rings (SSSR count). The lowest BCUT2D eigenvalue weighted by Gasteiger charge is -2.14. The molecule has 2 aromatic carbocycles. The quantitative estimate of drug-likeness (QED) is 0.402. The third kappa shape index (κ3) is 5.19. The Morgan fingerprint density at radius 1 is 1.22 bits per heavy atom. The molecule has 0 radical (unpaired) electrons. The summed E-state index contributed by atoms with van der Waals surface area (Å²) in [6.45, 7) is 2.66. The van der Waals surface area contributed by atoms with Crippen molar-refractivity contribution in [3.63, 3.8) is 0 Å². The fraction of sp³-hybridized carbons (Fsp3) is 0.292. The molecule has 0 saturated heterocycles. The lowest BCUT2D eigenvalue weighted by Crippen LogP contribution is -2.28. The van der Waals surface area contributed by atoms with Crippen LogP contribution in [0.25, 0.3) is 5.69 Å². The minimum Gasteiger partial charge on any atom is -0.497 e. The van der Waals surface area contributed by atoms with Gasteiger partial charge in [-0.25, -0.2) is 4.98 Å². The van der Waals surface area contributed by atoms with E-state index in [0.717, 1.165) is 18.5 Å². The Labute approximate surface area is 195 Å². The van der Waals surface area contributed by atoms with Gasteiger partial charge in [0.2, 0.25) is 5.91 Å². The van der Waals surface area contributed by atoms with Gasteiger partial charge in [0.25, 0.3) is 5.56 Å². The summed E-state index contributed by atoms with van der Waals surface area (Å²) in [4.78, 5) is 31.2. The van der Waals surface area contributed by atoms with Crippen molar-refractivity contribution in [3.8, 4) is 11.4 Å². The summed E-state index contributed by atoms with van der Waals surface area (Å²) < 4.78 is 6.84. The van der Waals surface area contributed by atoms with Crippen LogP contribution in [0.1, 0.15) is 18.2 Å². The van der Waals surface area contributed by atoms with E-state index in [0.29, 0.717) is 33.3 Å². The number of fused-ring (bicyclic) bond motifs is 1. The molecule has 32 heavy (non-hydrogen) atoms. The van der Waals surface area contributed by atoms with Crippen LogP contribution in [0.15, 0.2) is 69.4 Å². The molecule has 166 valence electrons. The molecule has 1 aliphatic rings. The average Bonchev–Trinajstić information content (AvgIpc) is 3.19. The van der Waals surface area contributed by atoms with Gasteiger partial charge in [-0.15, -0.1) is 11.8 Å². The molecule has 0 fully saturated rings. The maximum absolute atomic E-state index is 13.3. The van der Waals surface area contributed by atoms with Gasteiger partial charge in [-0.3, -0.25) is 14.2 Å². The molecule has 6 nitrogen and oxygen atoms in total. The molecule has 0 spiro atoms. The second kappa shape index (κ2) is 10.3. The first-order valence-corrected chi connectivity index (χ1v) is 12.3. The zero-order chi connectivity index (χ0) is 22.5. The zero-order valence-corrected chi connectivity index (χ0v) is 19.7. The Morgan fingerprint density at radius 2 is 1.97 bits per heavy atom. The highest BCUT2D eigenvalue weighted by atomic mass is 32.2. The van der Waals surface area contributed by atoms with E-state index in [9.17, 15) is 9.59 Å². The fourth-order valence-electron chi connectivity index (χ4n) is 3.53. The standard InChI is InChI=1S/C24H25N3O3S2/c1-16-14-20-22(32-16)23(29)27(18-8-10-19(30-2)11-9-18)24(26-20)31-15-21(28)25-13-12-17-6-4-3-5-7-17/h3-11,16H,12-15H2,1-2H3,(H,25,28). The fourth-order valence-corrected chi connectivity index (χ4v) is 5.48. The van der Waals surface area contributed by atoms with E-state index >= 15 is 0 Å². The van der Waals surface area contributed by atoms with Crippen LogP contribution < -0.4 is 15.6 Å². The predicted octanol–water partition coefficient (Wildman–Crippen LogP) is 3.73. The second-order valence-electron chi connectivity index (χ2n) is 7.52. The number of rotatable bonds is 8. The molecule has 0 saturated carbocycles. The summed E-state index contributed by atoms with van der Waals surface area (Å²) >= 11 is 2.85. The van der Waals surface area contributed by atoms with Crippen molar-refractivity contribution in [3.05, 3.63) is 76.2 Å². The van der Waals surface area contributed by atoms with Crippen LogP contribution in [0.5, 0.6) is 5.75 Å². The van der Waals surface area contributed by atoms with Gasteiger partial charge in [0.15, 0.2) is 5.16 Å². The van der Waals surface area contributed by atoms with Gasteiger partial charge < -0.3 is 10.1 Å². The van der Waals surface area contributed by atoms with Crippen molar-refractivity contribution in [1.82, 2.24) is 14.9 Å². The smallest absolute Gasteiger partial charge is 0.272 e. The van der Waals surface area contributed by atoms with E-state index in [4.69, 9.17) is 9.72 Å². The summed E-state index contributed by atoms with van der Waals surface area (Å²) in [7, 11) is 1.61. The number of benzene rings is 2. The van der Waals surface area contributed by atoms with Crippen molar-refractivity contribution >= 4 is 29.4 Å². The highest BCUT2D eigenvalue weighted by molar-refractivity contribution is 8.00. The van der Waals surface area contributed by atoms with Crippen LogP contribution >= 0.6 is 23.5 Å². The van der Waals surface area contributed by atoms with Crippen molar-refractivity contribution < 1.29 is 9.53 Å². The zero-order valence-electron chi connectivity index (χ0n) is 18.0. The molecule has 1 N–H and O–H groups in total. The Hall–Kier alpha value is -2.71. The first kappa shape index (κ1) is 22.5. The molecule has 2 heterocycles. The number of hydrogen-bond donors (Lipinski definition) is 1. The molecule has 1 amide bonds. The number of hydrogen-bond acceptors (Lipinski definition) is 6. The summed E-state index contributed by atoms with van der Waals surface area (Å²) in [5.74, 6) is 0.828. The maximum atomic E-state index is 13.3. The summed E-state index contributed by atoms with van der Waals surface area (Å²) in [6.07, 6.45) is 1.54. The van der Waals surface area contributed by atoms with Crippen molar-refractivity contribution in [2.45, 2.75) is 35.1 Å². The number of amides is 1. The van der Waals surface area contributed by atoms with E-state index in [2.05, 4.69) is 12.2 Å². The molecule has 8 heteroatoms. The van der Waals surface area contributed by atoms with E-state index in [1.807, 2.05) is 54.6 Å². The van der Waals surface area contributed by atoms with Crippen molar-refractivity contribution in [1.29, 1.82) is 0 Å². The molecule has 1 atom stereocenters. The van der Waals surface area contributed by atoms with Gasteiger partial charge in [-0.2, -0.15) is 0 Å². The number of thioether (sulfide) groups is 2. The third-order valence-corrected chi connectivity index (χ3v) is 7.28. The number of carbonyl (C=O) groups is 1. The SMILES string of the molecule is COc1ccc(-n2c(SCC(=O)NCCc3ccccc3)nc3c(c2=O)SC(C)C3)cc1. The monoisotopic (exact) mass is 467 g/mol. The third-order valence-electron chi connectivity index (χ3n) is 5.12. The highest BCUT2D eigenvalue weighted by Gasteiger charge is 2.27. The number of ether oxygens (including phenoxy) is 1. The molecule has 1 aliphatic heterocycles. The van der Waals surface area contributed by atoms with E-state index in [1.54, 1.807) is 23.4 Å². The molecule has 3 aromatic rings. The van der Waals surface area contributed by atoms with Gasteiger partial charge in [-0.05, 0) is 36.2 Å². The largest absolute Gasteiger partial charge is 0.497 e. The Kier molecular flexibility index (Phi) is 7.22. The average molecular weight is 468 g/mol. The number of nitrogens with zero attached hydrogens (tertiary/aromatic N) is 2. The van der Waals surface area contributed by atoms with Gasteiger partial charge in [0.05, 0.1) is 29.1 Å². The van der Waals surface area contributed by atoms with E-state index in [-0.39, 0.29) is 17.2 Å². The van der Waals surface area contributed by atoms with Crippen LogP contribution in [0, 0.1) is 0 Å². The molecular weight excluding hydrogens is 442 g/mol. The Bertz CT molecular complexity index is 1150. The lowest BCUT2D eigenvalue weighted by atomic mass is 10.1. The van der Waals surface area contributed by atoms with Crippen molar-refractivity contribution in [2.75, 3.05) is 19.4 Å². The van der Waals surface area contributed by atoms with Crippen LogP contribution in [-0.2, 0) is 17.6 Å². The number of aromatic nitrogens is 2. The lowest BCUT2D eigenvalue weighted by molar-refractivity contribution is -0.118. The number of methoxy groups -OCH3 is 1. The first-order valence-electron chi connectivity index (χ1n) is 10.5. The number of carbonyl (C=O) groups excluding carboxylic acids is 1. The normalized spacial score (nSPS) is 14.8. The van der Waals surface area contributed by atoms with Crippen LogP contribution in [0.2, 0.25) is 0 Å². The molecule has 0 aliphatic carbocycles. The molecular formula is C24H25N3O3S2. The van der Waals surface area contributed by atoms with Crippen LogP contribution in [0.3, 0.4) is 0 Å². The second-order valence-corrected chi connectivity index (χ2v) is 9.91. The van der Waals surface area contributed by atoms with Gasteiger partial charge in [0.1, 0.15) is 5.75 Å². The van der Waals surface area contributed by atoms with Crippen LogP contribution in [-0.4, -0.2) is 40.1 Å². The van der Waals surface area contributed by atoms with Gasteiger partial charge >= 0.3 is 0 Å². The predicted molar refractivity (Wildman–Crippen MR) is 129 cm³/mol. The van der Waals surface area contributed by atoms with Gasteiger partial charge in [0, 0.05) is 18.2 Å². The highest BCUT2D eigenvalue weighted by Crippen LogP contribution is 2.35. The maximum Gasteiger partial charge on any atom is 0.272 e. The van der Waals surface area contributed by atoms with Gasteiger partial charge in [-0.1, -0.05) is 49.0 Å².